The Morgan fingerprint density at radius 2 is 1.78 bits per heavy atom. The molecule has 0 atom stereocenters. The molecule has 0 aliphatic carbocycles. The van der Waals surface area contributed by atoms with Crippen LogP contribution in [-0.4, -0.2) is 31.7 Å². The van der Waals surface area contributed by atoms with Crippen LogP contribution in [0, 0.1) is 12.7 Å². The van der Waals surface area contributed by atoms with Gasteiger partial charge in [-0.2, -0.15) is 4.99 Å². The second-order valence-electron chi connectivity index (χ2n) is 10.4. The van der Waals surface area contributed by atoms with Crippen molar-refractivity contribution < 1.29 is 27.1 Å². The molecular formula is C32H28F4N6O2S. The molecule has 13 heteroatoms. The number of aromatic nitrogens is 4. The molecule has 5 rings (SSSR count). The average Bonchev–Trinajstić information content (AvgIpc) is 3.60. The molecule has 0 aliphatic rings. The first-order valence-electron chi connectivity index (χ1n) is 13.8. The van der Waals surface area contributed by atoms with Crippen LogP contribution in [0.3, 0.4) is 0 Å². The van der Waals surface area contributed by atoms with E-state index >= 15 is 0 Å². The van der Waals surface area contributed by atoms with Gasteiger partial charge in [-0.15, -0.1) is 29.6 Å². The van der Waals surface area contributed by atoms with Gasteiger partial charge in [0.15, 0.2) is 10.6 Å². The highest BCUT2D eigenvalue weighted by Crippen LogP contribution is 2.26. The number of ether oxygens (including phenoxy) is 1. The fourth-order valence-electron chi connectivity index (χ4n) is 4.57. The SMILES string of the molecule is C/C(=C\c1ccc(-c2ncn(-c3ccc(OC(F)(F)F)cc3)n2)cc1)NC(=O)/N=c1\scc(C)n1-c1ccc(F)cc1C(C)C. The fraction of sp³-hybridized carbons (Fsp3) is 0.188. The second kappa shape index (κ2) is 12.9. The lowest BCUT2D eigenvalue weighted by Gasteiger charge is -2.15. The fourth-order valence-corrected chi connectivity index (χ4v) is 5.44. The van der Waals surface area contributed by atoms with Gasteiger partial charge in [0.2, 0.25) is 0 Å². The molecule has 1 N–H and O–H groups in total. The Bertz CT molecular complexity index is 1920. The Balaban J connectivity index is 1.28. The number of allylic oxidation sites excluding steroid dienone is 1. The number of hydrogen-bond donors (Lipinski definition) is 1. The van der Waals surface area contributed by atoms with E-state index in [1.807, 2.05) is 55.0 Å². The molecule has 3 aromatic carbocycles. The molecule has 0 saturated carbocycles. The minimum absolute atomic E-state index is 0.0646. The highest BCUT2D eigenvalue weighted by atomic mass is 32.1. The van der Waals surface area contributed by atoms with Gasteiger partial charge < -0.3 is 10.1 Å². The molecule has 5 aromatic rings. The number of alkyl halides is 3. The highest BCUT2D eigenvalue weighted by Gasteiger charge is 2.31. The number of nitrogens with zero attached hydrogens (tertiary/aromatic N) is 5. The maximum atomic E-state index is 14.0. The van der Waals surface area contributed by atoms with Crippen LogP contribution in [-0.2, 0) is 0 Å². The summed E-state index contributed by atoms with van der Waals surface area (Å²) in [4.78, 5) is 21.9. The Hall–Kier alpha value is -5.04. The van der Waals surface area contributed by atoms with Crippen molar-refractivity contribution in [1.82, 2.24) is 24.6 Å². The molecule has 2 aromatic heterocycles. The number of hydrogen-bond acceptors (Lipinski definition) is 5. The Kier molecular flexibility index (Phi) is 9.00. The lowest BCUT2D eigenvalue weighted by atomic mass is 10.0. The van der Waals surface area contributed by atoms with Crippen molar-refractivity contribution in [3.63, 3.8) is 0 Å². The summed E-state index contributed by atoms with van der Waals surface area (Å²) in [5, 5.41) is 9.09. The molecule has 0 unspecified atom stereocenters. The van der Waals surface area contributed by atoms with Gasteiger partial charge in [-0.25, -0.2) is 18.9 Å². The van der Waals surface area contributed by atoms with E-state index in [9.17, 15) is 22.4 Å². The smallest absolute Gasteiger partial charge is 0.406 e. The van der Waals surface area contributed by atoms with Crippen LogP contribution in [0.15, 0.2) is 89.1 Å². The van der Waals surface area contributed by atoms with Crippen molar-refractivity contribution in [2.45, 2.75) is 40.0 Å². The van der Waals surface area contributed by atoms with Gasteiger partial charge in [-0.05, 0) is 79.4 Å². The molecule has 8 nitrogen and oxygen atoms in total. The van der Waals surface area contributed by atoms with Gasteiger partial charge in [0.1, 0.15) is 17.9 Å². The van der Waals surface area contributed by atoms with Crippen LogP contribution in [0.25, 0.3) is 28.8 Å². The predicted molar refractivity (Wildman–Crippen MR) is 164 cm³/mol. The summed E-state index contributed by atoms with van der Waals surface area (Å²) >= 11 is 1.32. The van der Waals surface area contributed by atoms with Crippen LogP contribution in [0.1, 0.15) is 43.5 Å². The summed E-state index contributed by atoms with van der Waals surface area (Å²) in [6, 6.07) is 16.7. The lowest BCUT2D eigenvalue weighted by molar-refractivity contribution is -0.274. The first kappa shape index (κ1) is 31.4. The minimum atomic E-state index is -4.76. The minimum Gasteiger partial charge on any atom is -0.406 e. The van der Waals surface area contributed by atoms with Gasteiger partial charge in [0, 0.05) is 22.3 Å². The molecule has 2 heterocycles. The summed E-state index contributed by atoms with van der Waals surface area (Å²) in [7, 11) is 0. The summed E-state index contributed by atoms with van der Waals surface area (Å²) in [6.45, 7) is 7.62. The molecule has 232 valence electrons. The number of thiazole rings is 1. The van der Waals surface area contributed by atoms with Crippen molar-refractivity contribution in [1.29, 1.82) is 0 Å². The van der Waals surface area contributed by atoms with E-state index in [0.717, 1.165) is 28.1 Å². The maximum absolute atomic E-state index is 14.0. The highest BCUT2D eigenvalue weighted by molar-refractivity contribution is 7.07. The van der Waals surface area contributed by atoms with E-state index in [1.54, 1.807) is 19.1 Å². The van der Waals surface area contributed by atoms with Crippen molar-refractivity contribution >= 4 is 23.4 Å². The third-order valence-electron chi connectivity index (χ3n) is 6.61. The zero-order chi connectivity index (χ0) is 32.3. The largest absolute Gasteiger partial charge is 0.573 e. The number of urea groups is 1. The van der Waals surface area contributed by atoms with E-state index in [0.29, 0.717) is 22.0 Å². The molecule has 45 heavy (non-hydrogen) atoms. The second-order valence-corrected chi connectivity index (χ2v) is 11.2. The van der Waals surface area contributed by atoms with Crippen LogP contribution in [0.5, 0.6) is 5.75 Å². The standard InChI is InChI=1S/C32H28F4N6O2S/c1-19(2)27-16-24(33)9-14-28(27)42-21(4)17-45-31(42)39-30(43)38-20(3)15-22-5-7-23(8-6-22)29-37-18-41(40-29)25-10-12-26(13-11-25)44-32(34,35)36/h5-19H,1-4H3,(H,38,43)/b20-15+,39-31-. The Labute approximate surface area is 260 Å². The molecule has 0 saturated heterocycles. The number of aryl methyl sites for hydroxylation is 1. The molecule has 0 aliphatic heterocycles. The summed E-state index contributed by atoms with van der Waals surface area (Å²) in [5.74, 6) is -0.161. The number of carbonyl (C=O) groups excluding carboxylic acids is 1. The van der Waals surface area contributed by atoms with Gasteiger partial charge in [-0.1, -0.05) is 38.1 Å². The summed E-state index contributed by atoms with van der Waals surface area (Å²) < 4.78 is 58.4. The average molecular weight is 637 g/mol. The number of halogens is 4. The van der Waals surface area contributed by atoms with E-state index in [1.165, 1.54) is 58.7 Å². The predicted octanol–water partition coefficient (Wildman–Crippen LogP) is 7.93. The van der Waals surface area contributed by atoms with Gasteiger partial charge in [0.25, 0.3) is 0 Å². The van der Waals surface area contributed by atoms with Gasteiger partial charge >= 0.3 is 12.4 Å². The van der Waals surface area contributed by atoms with Crippen molar-refractivity contribution in [2.24, 2.45) is 4.99 Å². The summed E-state index contributed by atoms with van der Waals surface area (Å²) in [6.07, 6.45) is -1.51. The normalized spacial score (nSPS) is 12.6. The van der Waals surface area contributed by atoms with Crippen LogP contribution >= 0.6 is 11.3 Å². The number of benzene rings is 3. The molecular weight excluding hydrogens is 608 g/mol. The number of rotatable bonds is 7. The van der Waals surface area contributed by atoms with Gasteiger partial charge in [-0.3, -0.25) is 4.57 Å². The van der Waals surface area contributed by atoms with E-state index < -0.39 is 12.4 Å². The number of carbonyl (C=O) groups is 1. The van der Waals surface area contributed by atoms with Crippen molar-refractivity contribution in [3.05, 3.63) is 112 Å². The zero-order valence-corrected chi connectivity index (χ0v) is 25.4. The lowest BCUT2D eigenvalue weighted by Crippen LogP contribution is -2.23. The van der Waals surface area contributed by atoms with Crippen molar-refractivity contribution in [2.75, 3.05) is 0 Å². The molecule has 0 bridgehead atoms. The van der Waals surface area contributed by atoms with Crippen LogP contribution in [0.4, 0.5) is 22.4 Å². The third kappa shape index (κ3) is 7.73. The Morgan fingerprint density at radius 3 is 2.44 bits per heavy atom. The topological polar surface area (TPSA) is 86.3 Å². The van der Waals surface area contributed by atoms with E-state index in [2.05, 4.69) is 25.1 Å². The van der Waals surface area contributed by atoms with Gasteiger partial charge in [0.05, 0.1) is 11.4 Å². The number of amides is 2. The first-order chi connectivity index (χ1) is 21.4. The summed E-state index contributed by atoms with van der Waals surface area (Å²) in [5.41, 5.74) is 5.08. The molecule has 0 radical (unpaired) electrons. The molecule has 0 fully saturated rings. The first-order valence-corrected chi connectivity index (χ1v) is 14.6. The Morgan fingerprint density at radius 1 is 1.07 bits per heavy atom. The number of nitrogens with one attached hydrogen (secondary N) is 1. The van der Waals surface area contributed by atoms with E-state index in [-0.39, 0.29) is 17.5 Å². The van der Waals surface area contributed by atoms with E-state index in [4.69, 9.17) is 0 Å². The monoisotopic (exact) mass is 636 g/mol. The van der Waals surface area contributed by atoms with Crippen molar-refractivity contribution in [3.8, 4) is 28.5 Å². The maximum Gasteiger partial charge on any atom is 0.573 e. The van der Waals surface area contributed by atoms with Crippen LogP contribution in [0.2, 0.25) is 0 Å². The quantitative estimate of drug-likeness (QED) is 0.184. The zero-order valence-electron chi connectivity index (χ0n) is 24.6. The molecule has 2 amide bonds. The third-order valence-corrected chi connectivity index (χ3v) is 7.56. The molecule has 0 spiro atoms. The van der Waals surface area contributed by atoms with Crippen LogP contribution < -0.4 is 14.9 Å².